The molecule has 0 aliphatic rings. The number of benzene rings is 2. The lowest BCUT2D eigenvalue weighted by Gasteiger charge is -2.10. The van der Waals surface area contributed by atoms with E-state index in [0.717, 1.165) is 22.3 Å². The fourth-order valence-electron chi connectivity index (χ4n) is 3.51. The molecule has 0 fully saturated rings. The van der Waals surface area contributed by atoms with E-state index in [1.54, 1.807) is 17.7 Å². The summed E-state index contributed by atoms with van der Waals surface area (Å²) in [6.07, 6.45) is -2.62. The highest BCUT2D eigenvalue weighted by Crippen LogP contribution is 2.34. The van der Waals surface area contributed by atoms with E-state index in [4.69, 9.17) is 16.6 Å². The summed E-state index contributed by atoms with van der Waals surface area (Å²) in [6.45, 7) is 6.10. The Bertz CT molecular complexity index is 1210. The normalized spacial score (nSPS) is 11.6. The standard InChI is InChI=1S/C23H20ClF2N3/c1-13-8-9-16(10-14(13)2)20-11-18(22(25)26)21-15(3)28-29(23(21)27-20)12-17-6-4-5-7-19(17)24/h4-11,22H,12H2,1-3H3. The topological polar surface area (TPSA) is 30.7 Å². The van der Waals surface area contributed by atoms with Gasteiger partial charge in [0, 0.05) is 16.1 Å². The Kier molecular flexibility index (Phi) is 5.09. The summed E-state index contributed by atoms with van der Waals surface area (Å²) in [6, 6.07) is 14.8. The quantitative estimate of drug-likeness (QED) is 0.375. The monoisotopic (exact) mass is 411 g/mol. The fourth-order valence-corrected chi connectivity index (χ4v) is 3.70. The van der Waals surface area contributed by atoms with Crippen molar-refractivity contribution in [3.8, 4) is 11.3 Å². The van der Waals surface area contributed by atoms with Crippen molar-refractivity contribution in [2.45, 2.75) is 33.7 Å². The lowest BCUT2D eigenvalue weighted by atomic mass is 10.0. The second-order valence-electron chi connectivity index (χ2n) is 7.23. The second kappa shape index (κ2) is 7.56. The first-order valence-corrected chi connectivity index (χ1v) is 9.70. The highest BCUT2D eigenvalue weighted by molar-refractivity contribution is 6.31. The summed E-state index contributed by atoms with van der Waals surface area (Å²) in [5.74, 6) is 0. The summed E-state index contributed by atoms with van der Waals surface area (Å²) in [5.41, 5.74) is 5.32. The molecule has 3 nitrogen and oxygen atoms in total. The number of rotatable bonds is 4. The van der Waals surface area contributed by atoms with E-state index >= 15 is 0 Å². The van der Waals surface area contributed by atoms with Crippen molar-refractivity contribution in [3.05, 3.63) is 81.5 Å². The zero-order valence-electron chi connectivity index (χ0n) is 16.4. The number of pyridine rings is 1. The van der Waals surface area contributed by atoms with Crippen LogP contribution >= 0.6 is 11.6 Å². The molecular formula is C23H20ClF2N3. The Morgan fingerprint density at radius 3 is 2.45 bits per heavy atom. The van der Waals surface area contributed by atoms with Gasteiger partial charge in [0.25, 0.3) is 6.43 Å². The van der Waals surface area contributed by atoms with E-state index in [-0.39, 0.29) is 5.56 Å². The molecule has 4 rings (SSSR count). The Morgan fingerprint density at radius 2 is 1.76 bits per heavy atom. The molecule has 2 heterocycles. The average Bonchev–Trinajstić information content (AvgIpc) is 3.00. The summed E-state index contributed by atoms with van der Waals surface area (Å²) < 4.78 is 29.5. The first-order valence-electron chi connectivity index (χ1n) is 9.32. The van der Waals surface area contributed by atoms with Gasteiger partial charge in [0.05, 0.1) is 23.3 Å². The third kappa shape index (κ3) is 3.62. The molecule has 0 aliphatic heterocycles. The molecule has 0 saturated carbocycles. The van der Waals surface area contributed by atoms with Gasteiger partial charge in [-0.1, -0.05) is 41.9 Å². The molecule has 0 amide bonds. The molecule has 29 heavy (non-hydrogen) atoms. The van der Waals surface area contributed by atoms with Crippen molar-refractivity contribution < 1.29 is 8.78 Å². The minimum absolute atomic E-state index is 0.0499. The van der Waals surface area contributed by atoms with Crippen LogP contribution < -0.4 is 0 Å². The molecule has 4 aromatic rings. The average molecular weight is 412 g/mol. The zero-order valence-corrected chi connectivity index (χ0v) is 17.1. The predicted octanol–water partition coefficient (Wildman–Crippen LogP) is 6.66. The van der Waals surface area contributed by atoms with Crippen molar-refractivity contribution in [2.24, 2.45) is 0 Å². The number of nitrogens with zero attached hydrogens (tertiary/aromatic N) is 3. The lowest BCUT2D eigenvalue weighted by molar-refractivity contribution is 0.153. The Hall–Kier alpha value is -2.79. The van der Waals surface area contributed by atoms with E-state index in [1.165, 1.54) is 6.07 Å². The van der Waals surface area contributed by atoms with Gasteiger partial charge in [0.2, 0.25) is 0 Å². The van der Waals surface area contributed by atoms with Gasteiger partial charge < -0.3 is 0 Å². The van der Waals surface area contributed by atoms with E-state index in [2.05, 4.69) is 5.10 Å². The summed E-state index contributed by atoms with van der Waals surface area (Å²) >= 11 is 6.29. The highest BCUT2D eigenvalue weighted by atomic mass is 35.5. The van der Waals surface area contributed by atoms with Gasteiger partial charge in [-0.25, -0.2) is 18.4 Å². The summed E-state index contributed by atoms with van der Waals surface area (Å²) in [7, 11) is 0. The SMILES string of the molecule is Cc1ccc(-c2cc(C(F)F)c3c(C)nn(Cc4ccccc4Cl)c3n2)cc1C. The molecular weight excluding hydrogens is 392 g/mol. The van der Waals surface area contributed by atoms with Crippen LogP contribution in [0.3, 0.4) is 0 Å². The van der Waals surface area contributed by atoms with Crippen LogP contribution in [0.1, 0.15) is 34.4 Å². The third-order valence-electron chi connectivity index (χ3n) is 5.22. The Labute approximate surface area is 173 Å². The first kappa shape index (κ1) is 19.5. The Morgan fingerprint density at radius 1 is 1.00 bits per heavy atom. The molecule has 2 aromatic heterocycles. The molecule has 0 bridgehead atoms. The molecule has 0 N–H and O–H groups in total. The molecule has 0 radical (unpaired) electrons. The highest BCUT2D eigenvalue weighted by Gasteiger charge is 2.21. The molecule has 148 valence electrons. The number of aryl methyl sites for hydroxylation is 3. The minimum Gasteiger partial charge on any atom is -0.242 e. The Balaban J connectivity index is 1.93. The van der Waals surface area contributed by atoms with E-state index in [1.807, 2.05) is 50.2 Å². The van der Waals surface area contributed by atoms with Crippen molar-refractivity contribution in [1.29, 1.82) is 0 Å². The zero-order chi connectivity index (χ0) is 20.7. The molecule has 2 aromatic carbocycles. The first-order chi connectivity index (χ1) is 13.8. The van der Waals surface area contributed by atoms with Crippen LogP contribution in [0.5, 0.6) is 0 Å². The van der Waals surface area contributed by atoms with Crippen LogP contribution in [-0.4, -0.2) is 14.8 Å². The van der Waals surface area contributed by atoms with Gasteiger partial charge in [-0.2, -0.15) is 5.10 Å². The molecule has 0 spiro atoms. The molecule has 0 aliphatic carbocycles. The van der Waals surface area contributed by atoms with Gasteiger partial charge in [0.15, 0.2) is 5.65 Å². The van der Waals surface area contributed by atoms with Crippen molar-refractivity contribution >= 4 is 22.6 Å². The number of hydrogen-bond donors (Lipinski definition) is 0. The third-order valence-corrected chi connectivity index (χ3v) is 5.59. The maximum atomic E-state index is 13.9. The van der Waals surface area contributed by atoms with E-state index < -0.39 is 6.43 Å². The maximum absolute atomic E-state index is 13.9. The van der Waals surface area contributed by atoms with Crippen LogP contribution in [0, 0.1) is 20.8 Å². The number of fused-ring (bicyclic) bond motifs is 1. The fraction of sp³-hybridized carbons (Fsp3) is 0.217. The van der Waals surface area contributed by atoms with Crippen LogP contribution in [0.25, 0.3) is 22.3 Å². The van der Waals surface area contributed by atoms with Crippen LogP contribution in [0.2, 0.25) is 5.02 Å². The molecule has 0 saturated heterocycles. The van der Waals surface area contributed by atoms with Gasteiger partial charge in [-0.15, -0.1) is 0 Å². The number of hydrogen-bond acceptors (Lipinski definition) is 2. The van der Waals surface area contributed by atoms with Gasteiger partial charge in [-0.05, 0) is 55.7 Å². The predicted molar refractivity (Wildman–Crippen MR) is 113 cm³/mol. The summed E-state index contributed by atoms with van der Waals surface area (Å²) in [5, 5.41) is 5.51. The van der Waals surface area contributed by atoms with Crippen molar-refractivity contribution in [3.63, 3.8) is 0 Å². The number of alkyl halides is 2. The van der Waals surface area contributed by atoms with Crippen molar-refractivity contribution in [2.75, 3.05) is 0 Å². The second-order valence-corrected chi connectivity index (χ2v) is 7.64. The molecule has 6 heteroatoms. The van der Waals surface area contributed by atoms with Crippen LogP contribution in [0.15, 0.2) is 48.5 Å². The maximum Gasteiger partial charge on any atom is 0.264 e. The lowest BCUT2D eigenvalue weighted by Crippen LogP contribution is -2.04. The molecule has 0 atom stereocenters. The smallest absolute Gasteiger partial charge is 0.242 e. The van der Waals surface area contributed by atoms with Gasteiger partial charge in [-0.3, -0.25) is 0 Å². The minimum atomic E-state index is -2.62. The van der Waals surface area contributed by atoms with Gasteiger partial charge >= 0.3 is 0 Å². The van der Waals surface area contributed by atoms with Crippen molar-refractivity contribution in [1.82, 2.24) is 14.8 Å². The van der Waals surface area contributed by atoms with Crippen LogP contribution in [0.4, 0.5) is 8.78 Å². The summed E-state index contributed by atoms with van der Waals surface area (Å²) in [4.78, 5) is 4.73. The molecule has 0 unspecified atom stereocenters. The van der Waals surface area contributed by atoms with E-state index in [0.29, 0.717) is 34.0 Å². The van der Waals surface area contributed by atoms with E-state index in [9.17, 15) is 8.78 Å². The van der Waals surface area contributed by atoms with Crippen LogP contribution in [-0.2, 0) is 6.54 Å². The number of halogens is 3. The van der Waals surface area contributed by atoms with Gasteiger partial charge in [0.1, 0.15) is 0 Å². The number of aromatic nitrogens is 3. The largest absolute Gasteiger partial charge is 0.264 e.